The highest BCUT2D eigenvalue weighted by Crippen LogP contribution is 2.61. The van der Waals surface area contributed by atoms with Crippen molar-refractivity contribution in [2.45, 2.75) is 74.8 Å². The van der Waals surface area contributed by atoms with Gasteiger partial charge in [0, 0.05) is 37.1 Å². The van der Waals surface area contributed by atoms with Gasteiger partial charge in [-0.3, -0.25) is 32.5 Å². The first-order valence-corrected chi connectivity index (χ1v) is 25.8. The van der Waals surface area contributed by atoms with Crippen LogP contribution < -0.4 is 16.4 Å². The fourth-order valence-electron chi connectivity index (χ4n) is 5.90. The number of benzene rings is 1. The number of hydrogen-bond acceptors (Lipinski definition) is 21. The molecule has 0 bridgehead atoms. The summed E-state index contributed by atoms with van der Waals surface area (Å²) in [6.45, 7) is 1.25. The number of nitrogens with one attached hydrogen (secondary N) is 2. The molecule has 1 aliphatic heterocycles. The molecule has 32 heteroatoms. The maximum atomic E-state index is 12.8. The number of anilines is 1. The minimum Gasteiger partial charge on any atom is -0.392 e. The Bertz CT molecular complexity index is 2390. The van der Waals surface area contributed by atoms with Gasteiger partial charge in [0.15, 0.2) is 32.1 Å². The quantitative estimate of drug-likeness (QED) is 0.0382. The molecule has 8 atom stereocenters. The number of nitrogens with two attached hydrogens (primary N) is 1. The molecule has 1 saturated heterocycles. The van der Waals surface area contributed by atoms with Gasteiger partial charge in [-0.05, 0) is 19.1 Å². The minimum absolute atomic E-state index is 0.00150. The van der Waals surface area contributed by atoms with Gasteiger partial charge in [-0.1, -0.05) is 43.8 Å². The molecule has 27 nitrogen and oxygen atoms in total. The second-order valence-corrected chi connectivity index (χ2v) is 22.2. The molecule has 358 valence electrons. The highest BCUT2D eigenvalue weighted by atomic mass is 32.2. The van der Waals surface area contributed by atoms with Crippen LogP contribution >= 0.6 is 35.2 Å². The van der Waals surface area contributed by atoms with Crippen LogP contribution in [-0.4, -0.2) is 148 Å². The van der Waals surface area contributed by atoms with Gasteiger partial charge in [-0.15, -0.1) is 0 Å². The van der Waals surface area contributed by atoms with E-state index >= 15 is 0 Å². The number of aliphatic hydroxyl groups excluding tert-OH is 3. The van der Waals surface area contributed by atoms with Crippen LogP contribution in [0.4, 0.5) is 5.82 Å². The summed E-state index contributed by atoms with van der Waals surface area (Å²) < 4.78 is 87.5. The fraction of sp³-hybridized carbons (Fsp3) is 0.562. The summed E-state index contributed by atoms with van der Waals surface area (Å²) in [5, 5.41) is 36.2. The molecule has 4 rings (SSSR count). The lowest BCUT2D eigenvalue weighted by molar-refractivity contribution is -0.137. The number of nitrogens with zero attached hydrogens (tertiary/aromatic N) is 4. The number of phosphoric ester groups is 3. The monoisotopic (exact) mass is 1010 g/mol. The Morgan fingerprint density at radius 2 is 1.67 bits per heavy atom. The Balaban J connectivity index is 1.19. The molecule has 1 aromatic carbocycles. The SMILES string of the molecule is CC(C)(COP(=O)(O)OP(=O)(O)OCC1OC(C)(n2cnc3c(N)ncnc32)C(O)C1OP(=O)(O)O)C(O)C(=O)NCCC(=O)NCCSC(=O)CC(O)CS(=O)(=O)c1ccccc1. The van der Waals surface area contributed by atoms with Gasteiger partial charge < -0.3 is 56.0 Å². The van der Waals surface area contributed by atoms with Gasteiger partial charge >= 0.3 is 23.5 Å². The predicted octanol–water partition coefficient (Wildman–Crippen LogP) is -0.936. The van der Waals surface area contributed by atoms with Crippen LogP contribution in [0, 0.1) is 5.41 Å². The van der Waals surface area contributed by atoms with Crippen LogP contribution in [0.1, 0.15) is 33.6 Å². The highest BCUT2D eigenvalue weighted by Gasteiger charge is 2.57. The number of carbonyl (C=O) groups is 3. The van der Waals surface area contributed by atoms with Crippen molar-refractivity contribution in [3.05, 3.63) is 43.0 Å². The number of nitrogen functional groups attached to an aromatic ring is 1. The van der Waals surface area contributed by atoms with E-state index in [2.05, 4.69) is 29.9 Å². The molecule has 11 N–H and O–H groups in total. The molecule has 1 aliphatic rings. The van der Waals surface area contributed by atoms with Gasteiger partial charge in [-0.2, -0.15) is 4.31 Å². The van der Waals surface area contributed by atoms with E-state index < -0.39 is 117 Å². The molecule has 0 aliphatic carbocycles. The summed E-state index contributed by atoms with van der Waals surface area (Å²) >= 11 is 0.765. The molecular weight excluding hydrogens is 959 g/mol. The van der Waals surface area contributed by atoms with Crippen LogP contribution in [0.25, 0.3) is 11.2 Å². The fourth-order valence-corrected chi connectivity index (χ4v) is 10.8. The number of carbonyl (C=O) groups excluding carboxylic acids is 3. The molecule has 0 radical (unpaired) electrons. The molecule has 0 spiro atoms. The normalized spacial score (nSPS) is 22.3. The Morgan fingerprint density at radius 1 is 1.02 bits per heavy atom. The maximum absolute atomic E-state index is 12.8. The van der Waals surface area contributed by atoms with Crippen LogP contribution in [0.3, 0.4) is 0 Å². The smallest absolute Gasteiger partial charge is 0.392 e. The highest BCUT2D eigenvalue weighted by molar-refractivity contribution is 8.13. The zero-order chi connectivity index (χ0) is 47.9. The first-order valence-electron chi connectivity index (χ1n) is 18.6. The molecule has 0 saturated carbocycles. The molecule has 8 unspecified atom stereocenters. The van der Waals surface area contributed by atoms with Crippen molar-refractivity contribution in [1.82, 2.24) is 30.2 Å². The van der Waals surface area contributed by atoms with Gasteiger partial charge in [0.1, 0.15) is 36.3 Å². The van der Waals surface area contributed by atoms with E-state index in [-0.39, 0.29) is 47.1 Å². The molecule has 2 aromatic heterocycles. The third-order valence-electron chi connectivity index (χ3n) is 9.17. The van der Waals surface area contributed by atoms with Crippen LogP contribution in [0.5, 0.6) is 0 Å². The molecular formula is C32H48N7O20P3S2. The summed E-state index contributed by atoms with van der Waals surface area (Å²) in [6.07, 6.45) is -7.66. The van der Waals surface area contributed by atoms with Crippen LogP contribution in [0.2, 0.25) is 0 Å². The molecule has 2 amide bonds. The standard InChI is InChI=1S/C32H48N7O20P3S2/c1-31(2,27(44)30(45)35-10-9-22(41)34-11-12-63-23(42)13-19(40)15-64(53,54)20-7-5-4-6-8-20)16-56-62(51,52)59-61(49,50)55-14-21-25(58-60(46,47)48)26(43)32(3,57-21)39-18-38-24-28(33)36-17-37-29(24)39/h4-8,17-19,21,25-27,40,43-44H,9-16H2,1-3H3,(H,34,41)(H,35,45)(H,49,50)(H,51,52)(H2,33,36,37)(H2,46,47,48). The maximum Gasteiger partial charge on any atom is 0.481 e. The lowest BCUT2D eigenvalue weighted by Gasteiger charge is -2.30. The molecule has 3 aromatic rings. The van der Waals surface area contributed by atoms with E-state index in [0.29, 0.717) is 0 Å². The second-order valence-electron chi connectivity index (χ2n) is 14.8. The second kappa shape index (κ2) is 21.5. The number of aliphatic hydroxyl groups is 3. The van der Waals surface area contributed by atoms with Gasteiger partial charge in [0.05, 0.1) is 36.3 Å². The van der Waals surface area contributed by atoms with Crippen molar-refractivity contribution in [2.24, 2.45) is 5.41 Å². The Hall–Kier alpha value is -3.31. The number of rotatable bonds is 24. The summed E-state index contributed by atoms with van der Waals surface area (Å²) in [7, 11) is -20.4. The average Bonchev–Trinajstić information content (AvgIpc) is 3.73. The summed E-state index contributed by atoms with van der Waals surface area (Å²) in [5.41, 5.74) is 2.19. The van der Waals surface area contributed by atoms with Crippen LogP contribution in [0.15, 0.2) is 47.9 Å². The first-order chi connectivity index (χ1) is 29.6. The number of thioether (sulfide) groups is 1. The number of hydrogen-bond donors (Lipinski definition) is 10. The number of fused-ring (bicyclic) bond motifs is 1. The van der Waals surface area contributed by atoms with E-state index in [9.17, 15) is 71.4 Å². The molecule has 1 fully saturated rings. The van der Waals surface area contributed by atoms with Crippen molar-refractivity contribution in [2.75, 3.05) is 43.5 Å². The average molecular weight is 1010 g/mol. The number of phosphoric acid groups is 3. The third-order valence-corrected chi connectivity index (χ3v) is 15.0. The van der Waals surface area contributed by atoms with Gasteiger partial charge in [0.2, 0.25) is 11.8 Å². The topological polar surface area (TPSA) is 418 Å². The number of imidazole rings is 1. The zero-order valence-electron chi connectivity index (χ0n) is 34.0. The van der Waals surface area contributed by atoms with E-state index in [1.807, 2.05) is 0 Å². The van der Waals surface area contributed by atoms with Crippen molar-refractivity contribution >= 4 is 79.0 Å². The lowest BCUT2D eigenvalue weighted by Crippen LogP contribution is -2.46. The number of sulfone groups is 1. The molecule has 64 heavy (non-hydrogen) atoms. The number of aromatic nitrogens is 4. The van der Waals surface area contributed by atoms with Crippen LogP contribution in [-0.2, 0) is 66.3 Å². The largest absolute Gasteiger partial charge is 0.481 e. The predicted molar refractivity (Wildman–Crippen MR) is 221 cm³/mol. The number of amides is 2. The van der Waals surface area contributed by atoms with Gasteiger partial charge in [-0.25, -0.2) is 37.1 Å². The van der Waals surface area contributed by atoms with E-state index in [1.165, 1.54) is 45.0 Å². The summed E-state index contributed by atoms with van der Waals surface area (Å²) in [4.78, 5) is 88.5. The van der Waals surface area contributed by atoms with E-state index in [0.717, 1.165) is 29.0 Å². The zero-order valence-corrected chi connectivity index (χ0v) is 38.4. The van der Waals surface area contributed by atoms with Gasteiger partial charge in [0.25, 0.3) is 0 Å². The first kappa shape index (κ1) is 53.3. The minimum atomic E-state index is -5.63. The lowest BCUT2D eigenvalue weighted by atomic mass is 9.87. The van der Waals surface area contributed by atoms with Crippen molar-refractivity contribution in [3.63, 3.8) is 0 Å². The Kier molecular flexibility index (Phi) is 17.9. The van der Waals surface area contributed by atoms with Crippen molar-refractivity contribution in [3.8, 4) is 0 Å². The van der Waals surface area contributed by atoms with Crippen molar-refractivity contribution < 1.29 is 94.0 Å². The van der Waals surface area contributed by atoms with Crippen molar-refractivity contribution in [1.29, 1.82) is 0 Å². The van der Waals surface area contributed by atoms with E-state index in [4.69, 9.17) is 24.0 Å². The Morgan fingerprint density at radius 3 is 2.33 bits per heavy atom. The number of ether oxygens (including phenoxy) is 1. The Labute approximate surface area is 368 Å². The molecule has 3 heterocycles. The third kappa shape index (κ3) is 14.8. The summed E-state index contributed by atoms with van der Waals surface area (Å²) in [6, 6.07) is 7.43. The van der Waals surface area contributed by atoms with E-state index in [1.54, 1.807) is 6.07 Å². The summed E-state index contributed by atoms with van der Waals surface area (Å²) in [5.74, 6) is -2.23.